The number of hydrogen-bond donors (Lipinski definition) is 1. The quantitative estimate of drug-likeness (QED) is 0.709. The predicted octanol–water partition coefficient (Wildman–Crippen LogP) is 3.73. The average Bonchev–Trinajstić information content (AvgIpc) is 2.65. The van der Waals surface area contributed by atoms with Crippen molar-refractivity contribution in [2.45, 2.75) is 70.9 Å². The van der Waals surface area contributed by atoms with Crippen molar-refractivity contribution >= 4 is 11.8 Å². The van der Waals surface area contributed by atoms with E-state index in [1.54, 1.807) is 12.1 Å². The van der Waals surface area contributed by atoms with E-state index in [1.165, 1.54) is 25.3 Å². The van der Waals surface area contributed by atoms with Crippen LogP contribution in [-0.4, -0.2) is 53.3 Å². The molecule has 2 amide bonds. The summed E-state index contributed by atoms with van der Waals surface area (Å²) in [5.74, 6) is 0.314. The van der Waals surface area contributed by atoms with Gasteiger partial charge in [-0.25, -0.2) is 4.39 Å². The summed E-state index contributed by atoms with van der Waals surface area (Å²) >= 11 is 0. The topological polar surface area (TPSA) is 52.7 Å². The summed E-state index contributed by atoms with van der Waals surface area (Å²) in [6, 6.07) is 6.67. The van der Waals surface area contributed by atoms with Gasteiger partial charge in [-0.3, -0.25) is 14.5 Å². The third-order valence-corrected chi connectivity index (χ3v) is 8.36. The molecule has 0 spiro atoms. The Bertz CT molecular complexity index is 892. The molecule has 1 aromatic carbocycles. The fourth-order valence-corrected chi connectivity index (χ4v) is 8.23. The van der Waals surface area contributed by atoms with Crippen LogP contribution in [0.15, 0.2) is 24.3 Å². The normalized spacial score (nSPS) is 36.3. The fourth-order valence-electron chi connectivity index (χ4n) is 8.23. The molecular formula is C26H36FN3O2. The van der Waals surface area contributed by atoms with Gasteiger partial charge in [0.05, 0.1) is 0 Å². The zero-order valence-corrected chi connectivity index (χ0v) is 19.5. The Morgan fingerprint density at radius 3 is 2.34 bits per heavy atom. The zero-order chi connectivity index (χ0) is 22.6. The summed E-state index contributed by atoms with van der Waals surface area (Å²) in [6.07, 6.45) is 7.00. The maximum atomic E-state index is 13.4. The predicted molar refractivity (Wildman–Crippen MR) is 121 cm³/mol. The molecular weight excluding hydrogens is 405 g/mol. The van der Waals surface area contributed by atoms with Crippen molar-refractivity contribution in [1.82, 2.24) is 15.1 Å². The van der Waals surface area contributed by atoms with Crippen molar-refractivity contribution in [3.8, 4) is 0 Å². The van der Waals surface area contributed by atoms with Gasteiger partial charge in [0.15, 0.2) is 0 Å². The van der Waals surface area contributed by atoms with Crippen LogP contribution in [0.4, 0.5) is 4.39 Å². The first-order valence-electron chi connectivity index (χ1n) is 12.2. The van der Waals surface area contributed by atoms with E-state index in [0.29, 0.717) is 36.4 Å². The molecule has 4 aliphatic carbocycles. The van der Waals surface area contributed by atoms with E-state index in [9.17, 15) is 14.0 Å². The molecule has 1 aromatic rings. The van der Waals surface area contributed by atoms with Crippen molar-refractivity contribution in [2.24, 2.45) is 16.7 Å². The lowest BCUT2D eigenvalue weighted by molar-refractivity contribution is -0.144. The van der Waals surface area contributed by atoms with Gasteiger partial charge in [-0.15, -0.1) is 0 Å². The van der Waals surface area contributed by atoms with E-state index in [1.807, 2.05) is 11.0 Å². The number of carbonyl (C=O) groups is 2. The van der Waals surface area contributed by atoms with Crippen molar-refractivity contribution in [3.05, 3.63) is 35.6 Å². The molecule has 0 radical (unpaired) electrons. The summed E-state index contributed by atoms with van der Waals surface area (Å²) < 4.78 is 13.4. The molecule has 0 aromatic heterocycles. The van der Waals surface area contributed by atoms with Gasteiger partial charge >= 0.3 is 0 Å². The molecule has 6 heteroatoms. The van der Waals surface area contributed by atoms with Gasteiger partial charge in [0.25, 0.3) is 0 Å². The fraction of sp³-hybridized carbons (Fsp3) is 0.692. The number of amides is 2. The third-order valence-electron chi connectivity index (χ3n) is 8.36. The summed E-state index contributed by atoms with van der Waals surface area (Å²) in [5.41, 5.74) is 1.51. The summed E-state index contributed by atoms with van der Waals surface area (Å²) in [6.45, 7) is 8.19. The number of carbonyl (C=O) groups excluding carboxylic acids is 2. The maximum absolute atomic E-state index is 13.4. The Morgan fingerprint density at radius 1 is 1.03 bits per heavy atom. The minimum Gasteiger partial charge on any atom is -0.350 e. The van der Waals surface area contributed by atoms with Gasteiger partial charge in [-0.05, 0) is 73.0 Å². The van der Waals surface area contributed by atoms with E-state index in [-0.39, 0.29) is 29.6 Å². The van der Waals surface area contributed by atoms with Crippen LogP contribution < -0.4 is 5.32 Å². The van der Waals surface area contributed by atoms with Gasteiger partial charge in [0.1, 0.15) is 12.2 Å². The number of nitrogens with one attached hydrogen (secondary N) is 1. The van der Waals surface area contributed by atoms with Gasteiger partial charge < -0.3 is 10.2 Å². The number of halogens is 1. The molecule has 174 valence electrons. The van der Waals surface area contributed by atoms with E-state index in [2.05, 4.69) is 24.1 Å². The van der Waals surface area contributed by atoms with E-state index in [4.69, 9.17) is 0 Å². The molecule has 4 bridgehead atoms. The van der Waals surface area contributed by atoms with Crippen LogP contribution in [0, 0.1) is 22.6 Å². The van der Waals surface area contributed by atoms with Gasteiger partial charge in [0, 0.05) is 38.3 Å². The highest BCUT2D eigenvalue weighted by Gasteiger charge is 2.60. The Labute approximate surface area is 190 Å². The zero-order valence-electron chi connectivity index (χ0n) is 19.5. The number of hydrogen-bond acceptors (Lipinski definition) is 3. The van der Waals surface area contributed by atoms with E-state index >= 15 is 0 Å². The first-order chi connectivity index (χ1) is 15.1. The highest BCUT2D eigenvalue weighted by molar-refractivity contribution is 5.97. The van der Waals surface area contributed by atoms with E-state index in [0.717, 1.165) is 37.9 Å². The van der Waals surface area contributed by atoms with Crippen molar-refractivity contribution in [1.29, 1.82) is 0 Å². The molecule has 5 aliphatic rings. The molecule has 1 N–H and O–H groups in total. The molecule has 5 nitrogen and oxygen atoms in total. The van der Waals surface area contributed by atoms with E-state index < -0.39 is 0 Å². The lowest BCUT2D eigenvalue weighted by atomic mass is 9.43. The Morgan fingerprint density at radius 2 is 1.72 bits per heavy atom. The Hall–Kier alpha value is -1.95. The summed E-state index contributed by atoms with van der Waals surface area (Å²) in [4.78, 5) is 29.8. The average molecular weight is 442 g/mol. The van der Waals surface area contributed by atoms with Crippen LogP contribution >= 0.6 is 0 Å². The smallest absolute Gasteiger partial charge is 0.232 e. The van der Waals surface area contributed by atoms with Crippen LogP contribution in [-0.2, 0) is 16.1 Å². The second kappa shape index (κ2) is 7.82. The van der Waals surface area contributed by atoms with Gasteiger partial charge in [-0.2, -0.15) is 0 Å². The second-order valence-corrected chi connectivity index (χ2v) is 11.9. The summed E-state index contributed by atoms with van der Waals surface area (Å²) in [5, 5.41) is 3.36. The highest BCUT2D eigenvalue weighted by Crippen LogP contribution is 2.66. The third kappa shape index (κ3) is 4.43. The minimum absolute atomic E-state index is 0.0518. The minimum atomic E-state index is -0.218. The molecule has 6 rings (SSSR count). The molecule has 32 heavy (non-hydrogen) atoms. The Kier molecular flexibility index (Phi) is 5.35. The van der Waals surface area contributed by atoms with Gasteiger partial charge in [-0.1, -0.05) is 26.0 Å². The van der Waals surface area contributed by atoms with Crippen molar-refractivity contribution < 1.29 is 14.0 Å². The highest BCUT2D eigenvalue weighted by atomic mass is 19.1. The molecule has 1 heterocycles. The first-order valence-corrected chi connectivity index (χ1v) is 12.2. The molecule has 1 aliphatic heterocycles. The summed E-state index contributed by atoms with van der Waals surface area (Å²) in [7, 11) is 0. The van der Waals surface area contributed by atoms with Crippen LogP contribution in [0.2, 0.25) is 0 Å². The maximum Gasteiger partial charge on any atom is 0.232 e. The number of piperazine rings is 1. The monoisotopic (exact) mass is 441 g/mol. The lowest BCUT2D eigenvalue weighted by Crippen LogP contribution is -2.65. The molecule has 1 saturated heterocycles. The Balaban J connectivity index is 1.12. The standard InChI is InChI=1S/C26H36FN3O2/c1-24-12-20-13-25(2,16-24)18-26(14-20,17-24)28-22(31)11-23(32)30-8-6-29(7-9-30)15-19-4-3-5-21(27)10-19/h3-5,10,20H,6-9,11-18H2,1-2H3,(H,28,31). The van der Waals surface area contributed by atoms with Crippen LogP contribution in [0.5, 0.6) is 0 Å². The first kappa shape index (κ1) is 21.9. The lowest BCUT2D eigenvalue weighted by Gasteiger charge is -2.65. The number of nitrogens with zero attached hydrogens (tertiary/aromatic N) is 2. The molecule has 2 unspecified atom stereocenters. The molecule has 5 fully saturated rings. The molecule has 2 atom stereocenters. The number of benzene rings is 1. The number of rotatable bonds is 5. The van der Waals surface area contributed by atoms with Gasteiger partial charge in [0.2, 0.25) is 11.8 Å². The van der Waals surface area contributed by atoms with Crippen molar-refractivity contribution in [2.75, 3.05) is 26.2 Å². The van der Waals surface area contributed by atoms with Crippen LogP contribution in [0.1, 0.15) is 64.4 Å². The second-order valence-electron chi connectivity index (χ2n) is 11.9. The van der Waals surface area contributed by atoms with Crippen LogP contribution in [0.3, 0.4) is 0 Å². The molecule has 4 saturated carbocycles. The SMILES string of the molecule is CC12CC3CC(C)(C1)CC(NC(=O)CC(=O)N1CCN(Cc4cccc(F)c4)CC1)(C3)C2. The van der Waals surface area contributed by atoms with Crippen LogP contribution in [0.25, 0.3) is 0 Å². The van der Waals surface area contributed by atoms with Crippen molar-refractivity contribution in [3.63, 3.8) is 0 Å². The largest absolute Gasteiger partial charge is 0.350 e.